The summed E-state index contributed by atoms with van der Waals surface area (Å²) in [6, 6.07) is -12.7. The summed E-state index contributed by atoms with van der Waals surface area (Å²) in [7, 11) is 10.8. The van der Waals surface area contributed by atoms with Gasteiger partial charge < -0.3 is 64.8 Å². The Kier molecular flexibility index (Phi) is 30.1. The molecule has 25 nitrogen and oxygen atoms in total. The minimum absolute atomic E-state index is 0.00620. The van der Waals surface area contributed by atoms with Crippen molar-refractivity contribution in [3.63, 3.8) is 0 Å². The van der Waals surface area contributed by atoms with Gasteiger partial charge in [0.2, 0.25) is 70.9 Å². The van der Waals surface area contributed by atoms with Gasteiger partial charge in [-0.25, -0.2) is 8.78 Å². The number of halogens is 8. The van der Waals surface area contributed by atoms with E-state index in [0.29, 0.717) is 38.5 Å². The highest BCUT2D eigenvalue weighted by atomic mass is 19.4. The third-order valence-corrected chi connectivity index (χ3v) is 24.1. The molecular formula is C74H114F8N12O13. The number of ether oxygens (including phenoxy) is 1. The summed E-state index contributed by atoms with van der Waals surface area (Å²) in [4.78, 5) is 191. The molecule has 2 saturated heterocycles. The van der Waals surface area contributed by atoms with Gasteiger partial charge in [0.15, 0.2) is 0 Å². The first-order valence-corrected chi connectivity index (χ1v) is 38.1. The lowest BCUT2D eigenvalue weighted by Crippen LogP contribution is -2.68. The fourth-order valence-corrected chi connectivity index (χ4v) is 17.0. The number of rotatable bonds is 12. The van der Waals surface area contributed by atoms with E-state index in [1.165, 1.54) is 78.0 Å². The first-order valence-electron chi connectivity index (χ1n) is 38.1. The predicted molar refractivity (Wildman–Crippen MR) is 377 cm³/mol. The Balaban J connectivity index is 1.32. The largest absolute Gasteiger partial charge is 0.397 e. The standard InChI is InChI=1S/C74H114F8N12O13/c1-14-42(4)60-69(104)88(9)43(5)64(99)90(11)53-25-18-17-21-34-93(68(53)103)56(37-44-26-29-47(30-27-44)73(77,78)79)67(102)87(8)41-57(95)83-51(31-28-45-35-49(75)59(50(76)36-45)74(80,81)82)65(100)94-40-48(107-16-3)38-54(94)63(98)85-72(32-22-33-72)71(106)92(13)61(46-23-19-20-24-46)70(105)91(12)55(66(101)86(6)7)39-58(96)89(10)52(15-2)62(97)84-60/h17-18,42-56,59-61H,14-16,19-41H2,1-13H3,(H,83,95)(H,84,97)(H,85,98)/b18-17-/t42-,43-,44?,45?,47?,48+,49?,50?,51-,52-,53-,54-,55-,56-,59?,60-,61-/m0/s1. The molecule has 1 spiro atoms. The van der Waals surface area contributed by atoms with Crippen LogP contribution in [0, 0.1) is 35.5 Å². The first-order chi connectivity index (χ1) is 50.1. The molecule has 6 fully saturated rings. The molecule has 12 amide bonds. The number of nitrogens with zero attached hydrogens (tertiary/aromatic N) is 9. The average molecular weight is 1530 g/mol. The normalized spacial score (nSPS) is 32.8. The van der Waals surface area contributed by atoms with Crippen molar-refractivity contribution in [3.05, 3.63) is 12.2 Å². The quantitative estimate of drug-likeness (QED) is 0.147. The molecule has 0 aromatic carbocycles. The maximum absolute atomic E-state index is 15.5. The van der Waals surface area contributed by atoms with E-state index >= 15 is 37.5 Å². The van der Waals surface area contributed by atoms with E-state index in [2.05, 4.69) is 16.0 Å². The van der Waals surface area contributed by atoms with Crippen molar-refractivity contribution in [3.8, 4) is 0 Å². The van der Waals surface area contributed by atoms with E-state index < -0.39 is 229 Å². The van der Waals surface area contributed by atoms with Crippen LogP contribution >= 0.6 is 0 Å². The molecule has 7 rings (SSSR count). The van der Waals surface area contributed by atoms with Gasteiger partial charge in [-0.3, -0.25) is 57.5 Å². The zero-order valence-corrected chi connectivity index (χ0v) is 64.3. The SMILES string of the molecule is CCO[C@@H]1C[C@H]2C(=O)NC3(CCC3)C(=O)N(C)[C@@H](C3CCCC3)C(=O)N(C)[C@H](C(=O)N(C)C)CC(=O)N(C)[C@@H](CC)C(=O)N[C@@H]([C@@H](C)CC)C(=O)N(C)[C@@H](C)C(=O)N(C)[C@H]3C/C=C\CCN(C3=O)[C@@H](CC3CCC(C(F)(F)F)CC3)C(=O)N(C)CC(=O)N[C@@H](CCC3CC(F)C(C(F)(F)F)C(F)C3)C(=O)N2C1. The van der Waals surface area contributed by atoms with Crippen molar-refractivity contribution in [2.45, 2.75) is 267 Å². The maximum atomic E-state index is 15.5. The fourth-order valence-electron chi connectivity index (χ4n) is 17.0. The number of hydrogen-bond acceptors (Lipinski definition) is 13. The zero-order valence-electron chi connectivity index (χ0n) is 64.3. The van der Waals surface area contributed by atoms with Crippen molar-refractivity contribution in [1.82, 2.24) is 60.0 Å². The number of carbonyl (C=O) groups excluding carboxylic acids is 12. The van der Waals surface area contributed by atoms with E-state index in [0.717, 1.165) is 29.4 Å². The molecule has 3 heterocycles. The van der Waals surface area contributed by atoms with Crippen LogP contribution in [0.5, 0.6) is 0 Å². The van der Waals surface area contributed by atoms with Crippen LogP contribution in [-0.4, -0.2) is 288 Å². The van der Waals surface area contributed by atoms with Crippen LogP contribution in [0.25, 0.3) is 0 Å². The molecule has 13 atom stereocenters. The minimum Gasteiger partial charge on any atom is -0.377 e. The number of hydrogen-bond donors (Lipinski definition) is 3. The number of likely N-dealkylation sites (N-methyl/N-ethyl adjacent to an activating group) is 7. The van der Waals surface area contributed by atoms with Crippen molar-refractivity contribution < 1.29 is 97.4 Å². The summed E-state index contributed by atoms with van der Waals surface area (Å²) in [5.41, 5.74) is -1.69. The second kappa shape index (κ2) is 37.0. The van der Waals surface area contributed by atoms with E-state index in [-0.39, 0.29) is 96.7 Å². The monoisotopic (exact) mass is 1530 g/mol. The molecule has 0 radical (unpaired) electrons. The first kappa shape index (κ1) is 87.0. The third-order valence-electron chi connectivity index (χ3n) is 24.1. The van der Waals surface area contributed by atoms with Gasteiger partial charge in [0.1, 0.15) is 78.2 Å². The van der Waals surface area contributed by atoms with Gasteiger partial charge >= 0.3 is 12.4 Å². The Labute approximate surface area is 623 Å². The summed E-state index contributed by atoms with van der Waals surface area (Å²) >= 11 is 0. The molecule has 33 heteroatoms. The van der Waals surface area contributed by atoms with E-state index in [1.807, 2.05) is 0 Å². The number of alkyl halides is 8. The molecule has 0 aromatic heterocycles. The van der Waals surface area contributed by atoms with E-state index in [4.69, 9.17) is 4.74 Å². The zero-order chi connectivity index (χ0) is 79.6. The highest BCUT2D eigenvalue weighted by molar-refractivity contribution is 6.01. The highest BCUT2D eigenvalue weighted by Gasteiger charge is 2.56. The number of fused-ring (bicyclic) bond motifs is 3. The Morgan fingerprint density at radius 2 is 1.28 bits per heavy atom. The molecule has 107 heavy (non-hydrogen) atoms. The average Bonchev–Trinajstić information content (AvgIpc) is 1.72. The maximum Gasteiger partial charge on any atom is 0.397 e. The lowest BCUT2D eigenvalue weighted by atomic mass is 9.74. The van der Waals surface area contributed by atoms with Gasteiger partial charge in [-0.2, -0.15) is 26.3 Å². The van der Waals surface area contributed by atoms with Gasteiger partial charge in [-0.05, 0) is 147 Å². The van der Waals surface area contributed by atoms with E-state index in [1.54, 1.807) is 39.8 Å². The van der Waals surface area contributed by atoms with Crippen molar-refractivity contribution >= 4 is 70.9 Å². The van der Waals surface area contributed by atoms with Crippen LogP contribution in [0.15, 0.2) is 12.2 Å². The number of amides is 12. The number of nitrogens with one attached hydrogen (secondary N) is 3. The minimum atomic E-state index is -5.22. The van der Waals surface area contributed by atoms with Crippen LogP contribution < -0.4 is 16.0 Å². The summed E-state index contributed by atoms with van der Waals surface area (Å²) < 4.78 is 121. The smallest absolute Gasteiger partial charge is 0.377 e. The third kappa shape index (κ3) is 20.4. The molecular weight excluding hydrogens is 1420 g/mol. The fraction of sp³-hybridized carbons (Fsp3) is 0.811. The molecule has 2 bridgehead atoms. The topological polar surface area (TPSA) is 279 Å². The van der Waals surface area contributed by atoms with E-state index in [9.17, 15) is 55.1 Å². The van der Waals surface area contributed by atoms with Crippen LogP contribution in [0.1, 0.15) is 176 Å². The lowest BCUT2D eigenvalue weighted by Gasteiger charge is -2.46. The van der Waals surface area contributed by atoms with Gasteiger partial charge in [-0.1, -0.05) is 52.2 Å². The molecule has 4 saturated carbocycles. The van der Waals surface area contributed by atoms with Crippen LogP contribution in [0.3, 0.4) is 0 Å². The summed E-state index contributed by atoms with van der Waals surface area (Å²) in [5, 5.41) is 8.36. The summed E-state index contributed by atoms with van der Waals surface area (Å²) in [6.45, 7) is 6.92. The van der Waals surface area contributed by atoms with Crippen LogP contribution in [-0.2, 0) is 62.3 Å². The van der Waals surface area contributed by atoms with Crippen molar-refractivity contribution in [1.29, 1.82) is 0 Å². The van der Waals surface area contributed by atoms with Gasteiger partial charge in [0.05, 0.1) is 25.0 Å². The van der Waals surface area contributed by atoms with Crippen molar-refractivity contribution in [2.75, 3.05) is 82.6 Å². The van der Waals surface area contributed by atoms with Crippen molar-refractivity contribution in [2.24, 2.45) is 35.5 Å². The Morgan fingerprint density at radius 1 is 0.654 bits per heavy atom. The summed E-state index contributed by atoms with van der Waals surface area (Å²) in [6.07, 6.45) is -13.3. The molecule has 3 aliphatic heterocycles. The molecule has 4 aliphatic carbocycles. The van der Waals surface area contributed by atoms with Gasteiger partial charge in [-0.15, -0.1) is 0 Å². The Hall–Kier alpha value is -7.22. The lowest BCUT2D eigenvalue weighted by molar-refractivity contribution is -0.219. The molecule has 7 aliphatic rings. The molecule has 3 N–H and O–H groups in total. The second-order valence-corrected chi connectivity index (χ2v) is 31.3. The summed E-state index contributed by atoms with van der Waals surface area (Å²) in [5.74, 6) is -16.9. The molecule has 0 aromatic rings. The van der Waals surface area contributed by atoms with Gasteiger partial charge in [0.25, 0.3) is 0 Å². The molecule has 2 unspecified atom stereocenters. The predicted octanol–water partition coefficient (Wildman–Crippen LogP) is 6.10. The van der Waals surface area contributed by atoms with Crippen LogP contribution in [0.4, 0.5) is 35.1 Å². The second-order valence-electron chi connectivity index (χ2n) is 31.3. The Morgan fingerprint density at radius 3 is 1.83 bits per heavy atom. The molecule has 604 valence electrons. The Bertz CT molecular complexity index is 3210. The van der Waals surface area contributed by atoms with Crippen LogP contribution in [0.2, 0.25) is 0 Å². The number of carbonyl (C=O) groups is 12. The highest BCUT2D eigenvalue weighted by Crippen LogP contribution is 2.46. The van der Waals surface area contributed by atoms with Gasteiger partial charge in [0, 0.05) is 82.5 Å².